The molecule has 2 amide bonds. The van der Waals surface area contributed by atoms with Gasteiger partial charge in [0.2, 0.25) is 0 Å². The molecule has 0 aliphatic carbocycles. The average Bonchev–Trinajstić information content (AvgIpc) is 2.66. The van der Waals surface area contributed by atoms with Crippen molar-refractivity contribution in [3.63, 3.8) is 0 Å². The number of amides is 2. The minimum absolute atomic E-state index is 0.00181. The van der Waals surface area contributed by atoms with Gasteiger partial charge in [0.1, 0.15) is 11.5 Å². The molecule has 2 aromatic rings. The van der Waals surface area contributed by atoms with Gasteiger partial charge < -0.3 is 24.6 Å². The van der Waals surface area contributed by atoms with Crippen molar-refractivity contribution in [1.29, 1.82) is 0 Å². The molecule has 1 aliphatic heterocycles. The molecular weight excluding hydrogens is 417 g/mol. The molecule has 0 radical (unpaired) electrons. The average molecular weight is 438 g/mol. The number of fused-ring (bicyclic) bond motifs is 1. The molecule has 0 unspecified atom stereocenters. The third-order valence-corrected chi connectivity index (χ3v) is 4.74. The number of carbonyl (C=O) groups excluding carboxylic acids is 2. The summed E-state index contributed by atoms with van der Waals surface area (Å²) in [4.78, 5) is 28.2. The second-order valence-corrected chi connectivity index (χ2v) is 7.58. The number of anilines is 2. The second-order valence-electron chi connectivity index (χ2n) is 6.73. The van der Waals surface area contributed by atoms with Gasteiger partial charge in [0.15, 0.2) is 13.2 Å². The summed E-state index contributed by atoms with van der Waals surface area (Å²) in [6, 6.07) is 9.93. The summed E-state index contributed by atoms with van der Waals surface area (Å²) >= 11 is 11.9. The molecule has 154 valence electrons. The lowest BCUT2D eigenvalue weighted by Gasteiger charge is -2.30. The molecule has 0 spiro atoms. The maximum atomic E-state index is 12.3. The van der Waals surface area contributed by atoms with Crippen LogP contribution in [0, 0.1) is 0 Å². The molecule has 0 atom stereocenters. The number of hydrogen-bond donors (Lipinski definition) is 1. The Morgan fingerprint density at radius 1 is 1.24 bits per heavy atom. The van der Waals surface area contributed by atoms with E-state index in [0.717, 1.165) is 0 Å². The molecule has 0 saturated heterocycles. The summed E-state index contributed by atoms with van der Waals surface area (Å²) in [5.74, 6) is 0.485. The monoisotopic (exact) mass is 437 g/mol. The van der Waals surface area contributed by atoms with Gasteiger partial charge >= 0.3 is 0 Å². The van der Waals surface area contributed by atoms with E-state index in [1.165, 1.54) is 0 Å². The Morgan fingerprint density at radius 2 is 2.03 bits per heavy atom. The second kappa shape index (κ2) is 9.35. The van der Waals surface area contributed by atoms with Crippen molar-refractivity contribution < 1.29 is 19.1 Å². The maximum absolute atomic E-state index is 12.3. The molecule has 7 nitrogen and oxygen atoms in total. The summed E-state index contributed by atoms with van der Waals surface area (Å²) in [6.45, 7) is 1.01. The van der Waals surface area contributed by atoms with E-state index in [0.29, 0.717) is 46.0 Å². The molecular formula is C20H21Cl2N3O4. The van der Waals surface area contributed by atoms with Gasteiger partial charge in [0, 0.05) is 23.8 Å². The Balaban J connectivity index is 1.67. The molecule has 29 heavy (non-hydrogen) atoms. The van der Waals surface area contributed by atoms with E-state index in [-0.39, 0.29) is 25.0 Å². The fourth-order valence-corrected chi connectivity index (χ4v) is 3.22. The van der Waals surface area contributed by atoms with Gasteiger partial charge in [-0.15, -0.1) is 0 Å². The summed E-state index contributed by atoms with van der Waals surface area (Å²) in [6.07, 6.45) is 0. The minimum Gasteiger partial charge on any atom is -0.482 e. The molecule has 3 rings (SSSR count). The van der Waals surface area contributed by atoms with Crippen LogP contribution in [0.25, 0.3) is 0 Å². The number of ether oxygens (including phenoxy) is 2. The largest absolute Gasteiger partial charge is 0.482 e. The Bertz CT molecular complexity index is 921. The number of halogens is 2. The van der Waals surface area contributed by atoms with Gasteiger partial charge in [-0.05, 0) is 50.5 Å². The Labute approximate surface area is 179 Å². The van der Waals surface area contributed by atoms with E-state index in [9.17, 15) is 9.59 Å². The highest BCUT2D eigenvalue weighted by molar-refractivity contribution is 6.35. The van der Waals surface area contributed by atoms with Crippen LogP contribution in [0.3, 0.4) is 0 Å². The van der Waals surface area contributed by atoms with Crippen LogP contribution < -0.4 is 19.7 Å². The van der Waals surface area contributed by atoms with Crippen molar-refractivity contribution in [1.82, 2.24) is 4.90 Å². The van der Waals surface area contributed by atoms with Gasteiger partial charge in [-0.25, -0.2) is 0 Å². The van der Waals surface area contributed by atoms with Crippen molar-refractivity contribution in [2.45, 2.75) is 0 Å². The molecule has 0 fully saturated rings. The van der Waals surface area contributed by atoms with Gasteiger partial charge in [-0.1, -0.05) is 23.2 Å². The van der Waals surface area contributed by atoms with Crippen LogP contribution >= 0.6 is 23.2 Å². The zero-order valence-electron chi connectivity index (χ0n) is 16.1. The third kappa shape index (κ3) is 5.53. The van der Waals surface area contributed by atoms with Crippen LogP contribution in [0.1, 0.15) is 0 Å². The quantitative estimate of drug-likeness (QED) is 0.719. The first kappa shape index (κ1) is 21.2. The van der Waals surface area contributed by atoms with Gasteiger partial charge in [0.25, 0.3) is 11.8 Å². The first-order chi connectivity index (χ1) is 13.8. The number of likely N-dealkylation sites (N-methyl/N-ethyl adjacent to an activating group) is 1. The fraction of sp³-hybridized carbons (Fsp3) is 0.300. The molecule has 0 aromatic heterocycles. The number of hydrogen-bond acceptors (Lipinski definition) is 5. The lowest BCUT2D eigenvalue weighted by atomic mass is 10.2. The normalized spacial score (nSPS) is 13.1. The van der Waals surface area contributed by atoms with Crippen molar-refractivity contribution in [2.24, 2.45) is 0 Å². The lowest BCUT2D eigenvalue weighted by molar-refractivity contribution is -0.121. The zero-order chi connectivity index (χ0) is 21.0. The highest BCUT2D eigenvalue weighted by atomic mass is 35.5. The van der Waals surface area contributed by atoms with Crippen molar-refractivity contribution in [3.05, 3.63) is 46.4 Å². The van der Waals surface area contributed by atoms with Gasteiger partial charge in [-0.2, -0.15) is 0 Å². The molecule has 0 bridgehead atoms. The van der Waals surface area contributed by atoms with Crippen LogP contribution in [0.15, 0.2) is 36.4 Å². The van der Waals surface area contributed by atoms with Gasteiger partial charge in [0.05, 0.1) is 10.7 Å². The van der Waals surface area contributed by atoms with Crippen LogP contribution in [0.2, 0.25) is 10.0 Å². The molecule has 0 saturated carbocycles. The smallest absolute Gasteiger partial charge is 0.265 e. The number of nitrogens with zero attached hydrogens (tertiary/aromatic N) is 2. The first-order valence-electron chi connectivity index (χ1n) is 8.93. The van der Waals surface area contributed by atoms with Crippen LogP contribution in [-0.4, -0.2) is 57.1 Å². The SMILES string of the molecule is CN(C)CCN1C(=O)COc2ccc(NC(=O)COc3ccc(Cl)cc3Cl)cc21. The highest BCUT2D eigenvalue weighted by Gasteiger charge is 2.25. The summed E-state index contributed by atoms with van der Waals surface area (Å²) in [5, 5.41) is 3.56. The van der Waals surface area contributed by atoms with Crippen molar-refractivity contribution in [3.8, 4) is 11.5 Å². The predicted octanol–water partition coefficient (Wildman–Crippen LogP) is 3.30. The Hall–Kier alpha value is -2.48. The standard InChI is InChI=1S/C20H21Cl2N3O4/c1-24(2)7-8-25-16-10-14(4-6-18(16)29-12-20(25)27)23-19(26)11-28-17-5-3-13(21)9-15(17)22/h3-6,9-10H,7-8,11-12H2,1-2H3,(H,23,26). The molecule has 1 N–H and O–H groups in total. The van der Waals surface area contributed by atoms with E-state index in [4.69, 9.17) is 32.7 Å². The van der Waals surface area contributed by atoms with Crippen LogP contribution in [0.4, 0.5) is 11.4 Å². The topological polar surface area (TPSA) is 71.1 Å². The maximum Gasteiger partial charge on any atom is 0.265 e. The van der Waals surface area contributed by atoms with Crippen molar-refractivity contribution in [2.75, 3.05) is 50.6 Å². The Kier molecular flexibility index (Phi) is 6.84. The molecule has 1 heterocycles. The summed E-state index contributed by atoms with van der Waals surface area (Å²) in [7, 11) is 3.88. The van der Waals surface area contributed by atoms with Crippen LogP contribution in [-0.2, 0) is 9.59 Å². The van der Waals surface area contributed by atoms with E-state index >= 15 is 0 Å². The molecule has 2 aromatic carbocycles. The van der Waals surface area contributed by atoms with E-state index in [2.05, 4.69) is 5.32 Å². The van der Waals surface area contributed by atoms with E-state index < -0.39 is 0 Å². The van der Waals surface area contributed by atoms with Gasteiger partial charge in [-0.3, -0.25) is 9.59 Å². The number of carbonyl (C=O) groups is 2. The zero-order valence-corrected chi connectivity index (χ0v) is 17.6. The molecule has 9 heteroatoms. The summed E-state index contributed by atoms with van der Waals surface area (Å²) in [5.41, 5.74) is 1.16. The summed E-state index contributed by atoms with van der Waals surface area (Å²) < 4.78 is 10.9. The molecule has 1 aliphatic rings. The number of benzene rings is 2. The highest BCUT2D eigenvalue weighted by Crippen LogP contribution is 2.34. The van der Waals surface area contributed by atoms with Crippen molar-refractivity contribution >= 4 is 46.4 Å². The Morgan fingerprint density at radius 3 is 2.76 bits per heavy atom. The predicted molar refractivity (Wildman–Crippen MR) is 113 cm³/mol. The van der Waals surface area contributed by atoms with Crippen LogP contribution in [0.5, 0.6) is 11.5 Å². The fourth-order valence-electron chi connectivity index (χ4n) is 2.76. The lowest BCUT2D eigenvalue weighted by Crippen LogP contribution is -2.42. The first-order valence-corrected chi connectivity index (χ1v) is 9.69. The number of rotatable bonds is 7. The van der Waals surface area contributed by atoms with E-state index in [1.54, 1.807) is 41.3 Å². The minimum atomic E-state index is -0.362. The number of nitrogens with one attached hydrogen (secondary N) is 1. The van der Waals surface area contributed by atoms with E-state index in [1.807, 2.05) is 19.0 Å². The third-order valence-electron chi connectivity index (χ3n) is 4.21.